The monoisotopic (exact) mass is 188 g/mol. The number of hydrogen-bond donors (Lipinski definition) is 1. The zero-order valence-corrected chi connectivity index (χ0v) is 8.49. The summed E-state index contributed by atoms with van der Waals surface area (Å²) in [5, 5.41) is 8.48. The van der Waals surface area contributed by atoms with Gasteiger partial charge in [0, 0.05) is 11.3 Å². The van der Waals surface area contributed by atoms with Crippen molar-refractivity contribution in [2.75, 3.05) is 11.5 Å². The Balaban J connectivity index is 3.32. The van der Waals surface area contributed by atoms with Gasteiger partial charge in [-0.15, -0.1) is 0 Å². The molecule has 0 aromatic rings. The van der Waals surface area contributed by atoms with Gasteiger partial charge in [-0.1, -0.05) is 20.4 Å². The Morgan fingerprint density at radius 3 is 2.58 bits per heavy atom. The van der Waals surface area contributed by atoms with Crippen LogP contribution in [0.5, 0.6) is 0 Å². The summed E-state index contributed by atoms with van der Waals surface area (Å²) in [5.41, 5.74) is 0.295. The standard InChI is InChI=1S/C9H16O2S/c1-7(2)4-5-12-6-8(3)9(10)11/h7H,3-6H2,1-2H3,(H,10,11). The summed E-state index contributed by atoms with van der Waals surface area (Å²) >= 11 is 1.64. The van der Waals surface area contributed by atoms with Gasteiger partial charge in [-0.25, -0.2) is 4.79 Å². The van der Waals surface area contributed by atoms with Crippen molar-refractivity contribution in [2.24, 2.45) is 5.92 Å². The summed E-state index contributed by atoms with van der Waals surface area (Å²) < 4.78 is 0. The smallest absolute Gasteiger partial charge is 0.331 e. The number of thioether (sulfide) groups is 1. The maximum atomic E-state index is 10.3. The maximum absolute atomic E-state index is 10.3. The van der Waals surface area contributed by atoms with Crippen molar-refractivity contribution < 1.29 is 9.90 Å². The van der Waals surface area contributed by atoms with Gasteiger partial charge in [0.05, 0.1) is 0 Å². The van der Waals surface area contributed by atoms with Crippen LogP contribution in [0.25, 0.3) is 0 Å². The van der Waals surface area contributed by atoms with E-state index in [0.717, 1.165) is 12.2 Å². The molecular weight excluding hydrogens is 172 g/mol. The maximum Gasteiger partial charge on any atom is 0.331 e. The molecular formula is C9H16O2S. The summed E-state index contributed by atoms with van der Waals surface area (Å²) in [6.45, 7) is 7.77. The van der Waals surface area contributed by atoms with E-state index in [4.69, 9.17) is 5.11 Å². The molecule has 0 amide bonds. The lowest BCUT2D eigenvalue weighted by molar-refractivity contribution is -0.132. The van der Waals surface area contributed by atoms with Gasteiger partial charge >= 0.3 is 5.97 Å². The molecule has 0 aliphatic heterocycles. The molecule has 0 bridgehead atoms. The first-order valence-corrected chi connectivity index (χ1v) is 5.18. The number of carboxylic acids is 1. The summed E-state index contributed by atoms with van der Waals surface area (Å²) in [4.78, 5) is 10.3. The predicted octanol–water partition coefficient (Wildman–Crippen LogP) is 2.41. The summed E-state index contributed by atoms with van der Waals surface area (Å²) in [7, 11) is 0. The van der Waals surface area contributed by atoms with Crippen molar-refractivity contribution in [1.29, 1.82) is 0 Å². The second-order valence-electron chi connectivity index (χ2n) is 3.14. The Morgan fingerprint density at radius 2 is 2.17 bits per heavy atom. The predicted molar refractivity (Wildman–Crippen MR) is 53.6 cm³/mol. The van der Waals surface area contributed by atoms with Gasteiger partial charge in [0.15, 0.2) is 0 Å². The minimum absolute atomic E-state index is 0.295. The molecule has 1 N–H and O–H groups in total. The van der Waals surface area contributed by atoms with Gasteiger partial charge in [-0.3, -0.25) is 0 Å². The lowest BCUT2D eigenvalue weighted by Gasteiger charge is -2.03. The van der Waals surface area contributed by atoms with E-state index in [1.54, 1.807) is 11.8 Å². The van der Waals surface area contributed by atoms with Crippen LogP contribution < -0.4 is 0 Å². The van der Waals surface area contributed by atoms with E-state index in [2.05, 4.69) is 20.4 Å². The molecule has 0 spiro atoms. The molecule has 3 heteroatoms. The van der Waals surface area contributed by atoms with Crippen LogP contribution in [0.3, 0.4) is 0 Å². The Morgan fingerprint density at radius 1 is 1.58 bits per heavy atom. The summed E-state index contributed by atoms with van der Waals surface area (Å²) in [5.74, 6) is 1.37. The number of carboxylic acid groups (broad SMARTS) is 1. The van der Waals surface area contributed by atoms with E-state index in [9.17, 15) is 4.79 Å². The van der Waals surface area contributed by atoms with Gasteiger partial charge in [0.25, 0.3) is 0 Å². The molecule has 0 aromatic heterocycles. The number of aliphatic carboxylic acids is 1. The second kappa shape index (κ2) is 6.12. The average molecular weight is 188 g/mol. The molecule has 0 aromatic carbocycles. The van der Waals surface area contributed by atoms with Crippen molar-refractivity contribution in [1.82, 2.24) is 0 Å². The number of rotatable bonds is 6. The van der Waals surface area contributed by atoms with E-state index in [0.29, 0.717) is 17.2 Å². The lowest BCUT2D eigenvalue weighted by atomic mass is 10.2. The molecule has 70 valence electrons. The topological polar surface area (TPSA) is 37.3 Å². The van der Waals surface area contributed by atoms with Crippen LogP contribution in [-0.2, 0) is 4.79 Å². The highest BCUT2D eigenvalue weighted by atomic mass is 32.2. The van der Waals surface area contributed by atoms with Crippen molar-refractivity contribution in [2.45, 2.75) is 20.3 Å². The Kier molecular flexibility index (Phi) is 5.89. The van der Waals surface area contributed by atoms with Gasteiger partial charge in [0.2, 0.25) is 0 Å². The Labute approximate surface area is 78.0 Å². The fourth-order valence-electron chi connectivity index (χ4n) is 0.576. The zero-order chi connectivity index (χ0) is 9.56. The van der Waals surface area contributed by atoms with Crippen molar-refractivity contribution in [3.05, 3.63) is 12.2 Å². The SMILES string of the molecule is C=C(CSCCC(C)C)C(=O)O. The third kappa shape index (κ3) is 6.28. The average Bonchev–Trinajstić information content (AvgIpc) is 1.97. The van der Waals surface area contributed by atoms with Crippen LogP contribution in [0, 0.1) is 5.92 Å². The van der Waals surface area contributed by atoms with Crippen molar-refractivity contribution >= 4 is 17.7 Å². The molecule has 0 radical (unpaired) electrons. The third-order valence-electron chi connectivity index (χ3n) is 1.42. The fraction of sp³-hybridized carbons (Fsp3) is 0.667. The molecule has 0 atom stereocenters. The second-order valence-corrected chi connectivity index (χ2v) is 4.25. The first kappa shape index (κ1) is 11.6. The van der Waals surface area contributed by atoms with Crippen LogP contribution in [0.2, 0.25) is 0 Å². The van der Waals surface area contributed by atoms with Gasteiger partial charge in [-0.05, 0) is 18.1 Å². The largest absolute Gasteiger partial charge is 0.478 e. The van der Waals surface area contributed by atoms with Gasteiger partial charge in [0.1, 0.15) is 0 Å². The van der Waals surface area contributed by atoms with Crippen LogP contribution in [0.4, 0.5) is 0 Å². The first-order chi connectivity index (χ1) is 5.54. The summed E-state index contributed by atoms with van der Waals surface area (Å²) in [6.07, 6.45) is 1.14. The Bertz CT molecular complexity index is 164. The highest BCUT2D eigenvalue weighted by Crippen LogP contribution is 2.11. The van der Waals surface area contributed by atoms with Crippen LogP contribution >= 0.6 is 11.8 Å². The van der Waals surface area contributed by atoms with Gasteiger partial charge < -0.3 is 5.11 Å². The molecule has 0 aliphatic carbocycles. The van der Waals surface area contributed by atoms with Gasteiger partial charge in [-0.2, -0.15) is 11.8 Å². The molecule has 12 heavy (non-hydrogen) atoms. The molecule has 0 saturated heterocycles. The van der Waals surface area contributed by atoms with E-state index in [1.165, 1.54) is 0 Å². The van der Waals surface area contributed by atoms with Crippen LogP contribution in [0.1, 0.15) is 20.3 Å². The van der Waals surface area contributed by atoms with E-state index >= 15 is 0 Å². The molecule has 0 rings (SSSR count). The molecule has 0 saturated carbocycles. The van der Waals surface area contributed by atoms with Crippen LogP contribution in [0.15, 0.2) is 12.2 Å². The molecule has 0 heterocycles. The minimum Gasteiger partial charge on any atom is -0.478 e. The molecule has 0 aliphatic rings. The number of hydrogen-bond acceptors (Lipinski definition) is 2. The highest BCUT2D eigenvalue weighted by Gasteiger charge is 2.03. The molecule has 0 fully saturated rings. The minimum atomic E-state index is -0.882. The zero-order valence-electron chi connectivity index (χ0n) is 7.67. The van der Waals surface area contributed by atoms with E-state index in [1.807, 2.05) is 0 Å². The van der Waals surface area contributed by atoms with Crippen molar-refractivity contribution in [3.8, 4) is 0 Å². The van der Waals surface area contributed by atoms with E-state index in [-0.39, 0.29) is 0 Å². The fourth-order valence-corrected chi connectivity index (χ4v) is 1.73. The first-order valence-electron chi connectivity index (χ1n) is 4.03. The lowest BCUT2D eigenvalue weighted by Crippen LogP contribution is -2.02. The van der Waals surface area contributed by atoms with E-state index < -0.39 is 5.97 Å². The summed E-state index contributed by atoms with van der Waals surface area (Å²) in [6, 6.07) is 0. The highest BCUT2D eigenvalue weighted by molar-refractivity contribution is 7.99. The van der Waals surface area contributed by atoms with Crippen LogP contribution in [-0.4, -0.2) is 22.6 Å². The quantitative estimate of drug-likeness (QED) is 0.513. The molecule has 2 nitrogen and oxygen atoms in total. The third-order valence-corrected chi connectivity index (χ3v) is 2.50. The van der Waals surface area contributed by atoms with Crippen molar-refractivity contribution in [3.63, 3.8) is 0 Å². The Hall–Kier alpha value is -0.440. The molecule has 0 unspecified atom stereocenters. The normalized spacial score (nSPS) is 10.2. The number of carbonyl (C=O) groups is 1.